The van der Waals surface area contributed by atoms with Crippen molar-refractivity contribution >= 4 is 31.9 Å². The first kappa shape index (κ1) is 10.8. The molecule has 0 aliphatic rings. The summed E-state index contributed by atoms with van der Waals surface area (Å²) in [4.78, 5) is 4.08. The highest BCUT2D eigenvalue weighted by Crippen LogP contribution is 2.32. The van der Waals surface area contributed by atoms with Crippen LogP contribution in [0, 0.1) is 5.82 Å². The lowest BCUT2D eigenvalue weighted by Gasteiger charge is -2.05. The normalized spacial score (nSPS) is 10.3. The van der Waals surface area contributed by atoms with E-state index in [1.807, 2.05) is 6.07 Å². The molecular formula is C11H6Br2FN. The van der Waals surface area contributed by atoms with Crippen LogP contribution in [0.15, 0.2) is 45.6 Å². The van der Waals surface area contributed by atoms with Crippen molar-refractivity contribution in [2.75, 3.05) is 0 Å². The average molecular weight is 331 g/mol. The molecule has 0 bridgehead atoms. The van der Waals surface area contributed by atoms with Gasteiger partial charge in [0.1, 0.15) is 10.4 Å². The molecule has 1 nitrogen and oxygen atoms in total. The quantitative estimate of drug-likeness (QED) is 0.706. The molecule has 0 radical (unpaired) electrons. The molecule has 0 unspecified atom stereocenters. The molecule has 1 aromatic carbocycles. The van der Waals surface area contributed by atoms with Gasteiger partial charge in [-0.2, -0.15) is 0 Å². The number of benzene rings is 1. The van der Waals surface area contributed by atoms with Crippen LogP contribution >= 0.6 is 31.9 Å². The van der Waals surface area contributed by atoms with Gasteiger partial charge in [0.2, 0.25) is 0 Å². The molecule has 76 valence electrons. The van der Waals surface area contributed by atoms with Crippen LogP contribution in [0.1, 0.15) is 0 Å². The van der Waals surface area contributed by atoms with Crippen molar-refractivity contribution in [2.24, 2.45) is 0 Å². The van der Waals surface area contributed by atoms with E-state index in [1.54, 1.807) is 18.3 Å². The van der Waals surface area contributed by atoms with Crippen LogP contribution in [0.25, 0.3) is 11.1 Å². The highest BCUT2D eigenvalue weighted by molar-refractivity contribution is 9.13. The molecule has 0 N–H and O–H groups in total. The van der Waals surface area contributed by atoms with Crippen LogP contribution in [0.4, 0.5) is 4.39 Å². The third-order valence-corrected chi connectivity index (χ3v) is 3.94. The van der Waals surface area contributed by atoms with E-state index in [0.29, 0.717) is 0 Å². The summed E-state index contributed by atoms with van der Waals surface area (Å²) in [7, 11) is 0. The molecule has 1 aromatic heterocycles. The maximum atomic E-state index is 12.7. The van der Waals surface area contributed by atoms with Crippen molar-refractivity contribution in [3.63, 3.8) is 0 Å². The lowest BCUT2D eigenvalue weighted by molar-refractivity contribution is 0.628. The summed E-state index contributed by atoms with van der Waals surface area (Å²) in [5.41, 5.74) is 1.93. The molecule has 0 amide bonds. The molecule has 15 heavy (non-hydrogen) atoms. The molecule has 0 fully saturated rings. The van der Waals surface area contributed by atoms with Crippen LogP contribution in [-0.4, -0.2) is 4.98 Å². The van der Waals surface area contributed by atoms with E-state index in [9.17, 15) is 4.39 Å². The summed E-state index contributed by atoms with van der Waals surface area (Å²) in [6.07, 6.45) is 1.70. The summed E-state index contributed by atoms with van der Waals surface area (Å²) in [5.74, 6) is -0.233. The standard InChI is InChI=1S/C11H6Br2FN/c12-10-9(5-6-15-11(10)13)7-1-3-8(14)4-2-7/h1-6H. The SMILES string of the molecule is Fc1ccc(-c2ccnc(Br)c2Br)cc1. The Bertz CT molecular complexity index is 482. The van der Waals surface area contributed by atoms with Crippen LogP contribution in [0.3, 0.4) is 0 Å². The van der Waals surface area contributed by atoms with Crippen molar-refractivity contribution in [3.05, 3.63) is 51.4 Å². The second kappa shape index (κ2) is 4.41. The predicted octanol–water partition coefficient (Wildman–Crippen LogP) is 4.41. The third kappa shape index (κ3) is 2.26. The summed E-state index contributed by atoms with van der Waals surface area (Å²) >= 11 is 6.76. The Morgan fingerprint density at radius 3 is 2.33 bits per heavy atom. The Morgan fingerprint density at radius 1 is 1.00 bits per heavy atom. The molecule has 4 heteroatoms. The number of pyridine rings is 1. The monoisotopic (exact) mass is 329 g/mol. The minimum atomic E-state index is -0.233. The summed E-state index contributed by atoms with van der Waals surface area (Å²) in [5, 5.41) is 0. The first-order chi connectivity index (χ1) is 7.18. The van der Waals surface area contributed by atoms with Gasteiger partial charge in [0.15, 0.2) is 0 Å². The van der Waals surface area contributed by atoms with Crippen LogP contribution in [-0.2, 0) is 0 Å². The van der Waals surface area contributed by atoms with Crippen LogP contribution in [0.2, 0.25) is 0 Å². The minimum Gasteiger partial charge on any atom is -0.248 e. The topological polar surface area (TPSA) is 12.9 Å². The molecule has 0 saturated heterocycles. The van der Waals surface area contributed by atoms with Crippen LogP contribution in [0.5, 0.6) is 0 Å². The Hall–Kier alpha value is -0.740. The number of aromatic nitrogens is 1. The molecule has 0 aliphatic heterocycles. The molecule has 2 aromatic rings. The number of hydrogen-bond acceptors (Lipinski definition) is 1. The van der Waals surface area contributed by atoms with Gasteiger partial charge in [0, 0.05) is 11.8 Å². The Labute approximate surface area is 104 Å². The molecule has 2 rings (SSSR count). The molecule has 0 aliphatic carbocycles. The first-order valence-electron chi connectivity index (χ1n) is 4.24. The fourth-order valence-electron chi connectivity index (χ4n) is 1.27. The Morgan fingerprint density at radius 2 is 1.67 bits per heavy atom. The van der Waals surface area contributed by atoms with Gasteiger partial charge in [-0.3, -0.25) is 0 Å². The number of nitrogens with zero attached hydrogens (tertiary/aromatic N) is 1. The van der Waals surface area contributed by atoms with Gasteiger partial charge in [0.05, 0.1) is 4.47 Å². The Balaban J connectivity index is 2.54. The van der Waals surface area contributed by atoms with Gasteiger partial charge in [-0.05, 0) is 55.6 Å². The van der Waals surface area contributed by atoms with Gasteiger partial charge in [0.25, 0.3) is 0 Å². The van der Waals surface area contributed by atoms with E-state index >= 15 is 0 Å². The van der Waals surface area contributed by atoms with Gasteiger partial charge < -0.3 is 0 Å². The van der Waals surface area contributed by atoms with E-state index in [2.05, 4.69) is 36.8 Å². The van der Waals surface area contributed by atoms with E-state index in [1.165, 1.54) is 12.1 Å². The summed E-state index contributed by atoms with van der Waals surface area (Å²) in [6.45, 7) is 0. The van der Waals surface area contributed by atoms with E-state index in [4.69, 9.17) is 0 Å². The first-order valence-corrected chi connectivity index (χ1v) is 5.83. The van der Waals surface area contributed by atoms with E-state index < -0.39 is 0 Å². The van der Waals surface area contributed by atoms with Crippen molar-refractivity contribution < 1.29 is 4.39 Å². The lowest BCUT2D eigenvalue weighted by Crippen LogP contribution is -1.84. The fourth-order valence-corrected chi connectivity index (χ4v) is 2.07. The summed E-state index contributed by atoms with van der Waals surface area (Å²) < 4.78 is 14.4. The van der Waals surface area contributed by atoms with E-state index in [-0.39, 0.29) is 5.82 Å². The zero-order valence-electron chi connectivity index (χ0n) is 7.55. The second-order valence-electron chi connectivity index (χ2n) is 2.97. The fraction of sp³-hybridized carbons (Fsp3) is 0. The highest BCUT2D eigenvalue weighted by Gasteiger charge is 2.06. The number of halogens is 3. The second-order valence-corrected chi connectivity index (χ2v) is 4.51. The predicted molar refractivity (Wildman–Crippen MR) is 65.0 cm³/mol. The molecule has 1 heterocycles. The van der Waals surface area contributed by atoms with Gasteiger partial charge in [-0.1, -0.05) is 12.1 Å². The zero-order chi connectivity index (χ0) is 10.8. The maximum absolute atomic E-state index is 12.7. The number of hydrogen-bond donors (Lipinski definition) is 0. The summed E-state index contributed by atoms with van der Waals surface area (Å²) in [6, 6.07) is 8.23. The molecule has 0 atom stereocenters. The lowest BCUT2D eigenvalue weighted by atomic mass is 10.1. The zero-order valence-corrected chi connectivity index (χ0v) is 10.7. The van der Waals surface area contributed by atoms with Gasteiger partial charge in [-0.25, -0.2) is 9.37 Å². The van der Waals surface area contributed by atoms with E-state index in [0.717, 1.165) is 20.2 Å². The van der Waals surface area contributed by atoms with Crippen molar-refractivity contribution in [3.8, 4) is 11.1 Å². The van der Waals surface area contributed by atoms with Gasteiger partial charge in [-0.15, -0.1) is 0 Å². The number of rotatable bonds is 1. The smallest absolute Gasteiger partial charge is 0.123 e. The molecule has 0 saturated carbocycles. The van der Waals surface area contributed by atoms with Crippen molar-refractivity contribution in [2.45, 2.75) is 0 Å². The highest BCUT2D eigenvalue weighted by atomic mass is 79.9. The molecule has 0 spiro atoms. The van der Waals surface area contributed by atoms with Crippen LogP contribution < -0.4 is 0 Å². The minimum absolute atomic E-state index is 0.233. The van der Waals surface area contributed by atoms with Gasteiger partial charge >= 0.3 is 0 Å². The molecular weight excluding hydrogens is 325 g/mol. The average Bonchev–Trinajstić information content (AvgIpc) is 2.24. The largest absolute Gasteiger partial charge is 0.248 e. The Kier molecular flexibility index (Phi) is 3.17. The third-order valence-electron chi connectivity index (χ3n) is 2.00. The van der Waals surface area contributed by atoms with Crippen molar-refractivity contribution in [1.82, 2.24) is 4.98 Å². The maximum Gasteiger partial charge on any atom is 0.123 e. The van der Waals surface area contributed by atoms with Crippen molar-refractivity contribution in [1.29, 1.82) is 0 Å².